The van der Waals surface area contributed by atoms with Crippen LogP contribution in [0.2, 0.25) is 0 Å². The summed E-state index contributed by atoms with van der Waals surface area (Å²) < 4.78 is 26.1. The number of unbranched alkanes of at least 4 members (excludes halogenated alkanes) is 1. The summed E-state index contributed by atoms with van der Waals surface area (Å²) in [4.78, 5) is 4.26. The Balaban J connectivity index is 2.52. The van der Waals surface area contributed by atoms with E-state index in [0.29, 0.717) is 18.7 Å². The van der Waals surface area contributed by atoms with Crippen molar-refractivity contribution in [3.8, 4) is 0 Å². The first-order valence-corrected chi connectivity index (χ1v) is 8.49. The monoisotopic (exact) mass is 296 g/mol. The predicted octanol–water partition coefficient (Wildman–Crippen LogP) is 2.45. The van der Waals surface area contributed by atoms with Gasteiger partial charge in [0.1, 0.15) is 5.01 Å². The second kappa shape index (κ2) is 6.68. The molecule has 4 nitrogen and oxygen atoms in total. The van der Waals surface area contributed by atoms with E-state index in [-0.39, 0.29) is 11.8 Å². The fourth-order valence-electron chi connectivity index (χ4n) is 1.34. The van der Waals surface area contributed by atoms with Crippen molar-refractivity contribution < 1.29 is 8.42 Å². The molecule has 0 fully saturated rings. The molecular weight excluding hydrogens is 280 g/mol. The largest absolute Gasteiger partial charge is 0.245 e. The quantitative estimate of drug-likeness (QED) is 0.621. The van der Waals surface area contributed by atoms with Gasteiger partial charge < -0.3 is 0 Å². The lowest BCUT2D eigenvalue weighted by Crippen LogP contribution is -2.29. The number of alkyl halides is 1. The van der Waals surface area contributed by atoms with Crippen LogP contribution >= 0.6 is 22.9 Å². The third-order valence-corrected chi connectivity index (χ3v) is 5.11. The molecule has 0 amide bonds. The van der Waals surface area contributed by atoms with Gasteiger partial charge in [-0.1, -0.05) is 0 Å². The molecule has 0 bridgehead atoms. The topological polar surface area (TPSA) is 59.1 Å². The Labute approximate surface area is 111 Å². The van der Waals surface area contributed by atoms with Crippen LogP contribution in [0.3, 0.4) is 0 Å². The van der Waals surface area contributed by atoms with E-state index >= 15 is 0 Å². The number of hydrogen-bond donors (Lipinski definition) is 1. The highest BCUT2D eigenvalue weighted by Crippen LogP contribution is 2.18. The number of hydrogen-bond acceptors (Lipinski definition) is 4. The standard InChI is InChI=1S/C10H17ClN2O2S2/c1-8-7-16-10(12-8)9(2)13-17(14,15)6-4-3-5-11/h7,9,13H,3-6H2,1-2H3. The number of aromatic nitrogens is 1. The van der Waals surface area contributed by atoms with Crippen molar-refractivity contribution in [1.29, 1.82) is 0 Å². The van der Waals surface area contributed by atoms with Gasteiger partial charge in [-0.15, -0.1) is 22.9 Å². The molecule has 0 aliphatic carbocycles. The minimum absolute atomic E-state index is 0.119. The molecule has 1 rings (SSSR count). The van der Waals surface area contributed by atoms with E-state index in [4.69, 9.17) is 11.6 Å². The normalized spacial score (nSPS) is 13.8. The van der Waals surface area contributed by atoms with Crippen molar-refractivity contribution >= 4 is 33.0 Å². The van der Waals surface area contributed by atoms with E-state index in [9.17, 15) is 8.42 Å². The van der Waals surface area contributed by atoms with Crippen molar-refractivity contribution in [3.63, 3.8) is 0 Å². The second-order valence-corrected chi connectivity index (χ2v) is 7.02. The maximum absolute atomic E-state index is 11.7. The average molecular weight is 297 g/mol. The minimum atomic E-state index is -3.23. The molecule has 1 heterocycles. The van der Waals surface area contributed by atoms with Crippen LogP contribution in [0.15, 0.2) is 5.38 Å². The molecule has 0 aromatic carbocycles. The molecule has 98 valence electrons. The van der Waals surface area contributed by atoms with Crippen molar-refractivity contribution in [2.24, 2.45) is 0 Å². The Kier molecular flexibility index (Phi) is 5.85. The van der Waals surface area contributed by atoms with Gasteiger partial charge in [0.05, 0.1) is 11.8 Å². The number of sulfonamides is 1. The van der Waals surface area contributed by atoms with Gasteiger partial charge in [-0.05, 0) is 26.7 Å². The van der Waals surface area contributed by atoms with E-state index < -0.39 is 10.0 Å². The SMILES string of the molecule is Cc1csc(C(C)NS(=O)(=O)CCCCCl)n1. The summed E-state index contributed by atoms with van der Waals surface area (Å²) in [5.74, 6) is 0.616. The Morgan fingerprint density at radius 3 is 2.76 bits per heavy atom. The molecule has 0 saturated carbocycles. The van der Waals surface area contributed by atoms with Gasteiger partial charge in [-0.2, -0.15) is 0 Å². The van der Waals surface area contributed by atoms with Gasteiger partial charge in [-0.3, -0.25) is 0 Å². The molecule has 7 heteroatoms. The van der Waals surface area contributed by atoms with E-state index in [1.807, 2.05) is 12.3 Å². The molecule has 0 radical (unpaired) electrons. The van der Waals surface area contributed by atoms with Crippen LogP contribution in [0, 0.1) is 6.92 Å². The highest BCUT2D eigenvalue weighted by molar-refractivity contribution is 7.89. The number of nitrogens with zero attached hydrogens (tertiary/aromatic N) is 1. The van der Waals surface area contributed by atoms with Crippen molar-refractivity contribution in [1.82, 2.24) is 9.71 Å². The van der Waals surface area contributed by atoms with Gasteiger partial charge in [0, 0.05) is 17.0 Å². The summed E-state index contributed by atoms with van der Waals surface area (Å²) >= 11 is 6.98. The van der Waals surface area contributed by atoms with Crippen molar-refractivity contribution in [3.05, 3.63) is 16.1 Å². The van der Waals surface area contributed by atoms with E-state index in [1.54, 1.807) is 6.92 Å². The van der Waals surface area contributed by atoms with Gasteiger partial charge in [-0.25, -0.2) is 18.1 Å². The molecule has 1 atom stereocenters. The summed E-state index contributed by atoms with van der Waals surface area (Å²) in [6.45, 7) is 3.69. The number of nitrogens with one attached hydrogen (secondary N) is 1. The van der Waals surface area contributed by atoms with Crippen LogP contribution in [-0.4, -0.2) is 25.0 Å². The first-order chi connectivity index (χ1) is 7.94. The average Bonchev–Trinajstić information content (AvgIpc) is 2.64. The zero-order valence-corrected chi connectivity index (χ0v) is 12.3. The first kappa shape index (κ1) is 14.9. The number of thiazole rings is 1. The summed E-state index contributed by atoms with van der Waals surface area (Å²) in [5.41, 5.74) is 0.915. The highest BCUT2D eigenvalue weighted by atomic mass is 35.5. The van der Waals surface area contributed by atoms with E-state index in [0.717, 1.165) is 10.7 Å². The van der Waals surface area contributed by atoms with Gasteiger partial charge in [0.2, 0.25) is 10.0 Å². The maximum Gasteiger partial charge on any atom is 0.212 e. The number of rotatable bonds is 7. The maximum atomic E-state index is 11.7. The molecule has 17 heavy (non-hydrogen) atoms. The first-order valence-electron chi connectivity index (χ1n) is 5.42. The number of halogens is 1. The van der Waals surface area contributed by atoms with Gasteiger partial charge in [0.25, 0.3) is 0 Å². The Bertz CT molecular complexity index is 445. The van der Waals surface area contributed by atoms with Crippen molar-refractivity contribution in [2.45, 2.75) is 32.7 Å². The van der Waals surface area contributed by atoms with Gasteiger partial charge >= 0.3 is 0 Å². The highest BCUT2D eigenvalue weighted by Gasteiger charge is 2.17. The Morgan fingerprint density at radius 2 is 2.24 bits per heavy atom. The lowest BCUT2D eigenvalue weighted by Gasteiger charge is -2.11. The van der Waals surface area contributed by atoms with Crippen LogP contribution in [0.5, 0.6) is 0 Å². The second-order valence-electron chi connectivity index (χ2n) is 3.88. The molecule has 0 aliphatic rings. The summed E-state index contributed by atoms with van der Waals surface area (Å²) in [6, 6.07) is -0.269. The Morgan fingerprint density at radius 1 is 1.53 bits per heavy atom. The summed E-state index contributed by atoms with van der Waals surface area (Å²) in [7, 11) is -3.23. The van der Waals surface area contributed by atoms with Crippen LogP contribution in [0.25, 0.3) is 0 Å². The van der Waals surface area contributed by atoms with Crippen LogP contribution in [0.4, 0.5) is 0 Å². The smallest absolute Gasteiger partial charge is 0.212 e. The zero-order valence-electron chi connectivity index (χ0n) is 9.94. The van der Waals surface area contributed by atoms with E-state index in [2.05, 4.69) is 9.71 Å². The van der Waals surface area contributed by atoms with Crippen LogP contribution < -0.4 is 4.72 Å². The number of aryl methyl sites for hydroxylation is 1. The molecule has 1 N–H and O–H groups in total. The zero-order chi connectivity index (χ0) is 12.9. The third-order valence-electron chi connectivity index (χ3n) is 2.16. The molecular formula is C10H17ClN2O2S2. The minimum Gasteiger partial charge on any atom is -0.245 e. The molecule has 0 aliphatic heterocycles. The third kappa shape index (κ3) is 5.33. The molecule has 1 aromatic heterocycles. The summed E-state index contributed by atoms with van der Waals surface area (Å²) in [6.07, 6.45) is 1.30. The van der Waals surface area contributed by atoms with Crippen molar-refractivity contribution in [2.75, 3.05) is 11.6 Å². The summed E-state index contributed by atoms with van der Waals surface area (Å²) in [5, 5.41) is 2.71. The predicted molar refractivity (Wildman–Crippen MR) is 72.1 cm³/mol. The lowest BCUT2D eigenvalue weighted by atomic mass is 10.4. The van der Waals surface area contributed by atoms with Crippen LogP contribution in [0.1, 0.15) is 36.5 Å². The molecule has 0 saturated heterocycles. The lowest BCUT2D eigenvalue weighted by molar-refractivity contribution is 0.563. The molecule has 1 aromatic rings. The molecule has 0 spiro atoms. The van der Waals surface area contributed by atoms with E-state index in [1.165, 1.54) is 11.3 Å². The fraction of sp³-hybridized carbons (Fsp3) is 0.700. The molecule has 1 unspecified atom stereocenters. The van der Waals surface area contributed by atoms with Gasteiger partial charge in [0.15, 0.2) is 0 Å². The van der Waals surface area contributed by atoms with Crippen LogP contribution in [-0.2, 0) is 10.0 Å². The fourth-order valence-corrected chi connectivity index (χ4v) is 3.76. The Hall–Kier alpha value is -0.170.